The van der Waals surface area contributed by atoms with Crippen LogP contribution in [0.1, 0.15) is 57.1 Å². The van der Waals surface area contributed by atoms with Crippen LogP contribution in [0, 0.1) is 11.8 Å². The number of hydrogen-bond acceptors (Lipinski definition) is 2. The molecule has 2 rings (SSSR count). The Morgan fingerprint density at radius 2 is 1.80 bits per heavy atom. The van der Waals surface area contributed by atoms with Crippen molar-refractivity contribution in [3.05, 3.63) is 29.8 Å². The van der Waals surface area contributed by atoms with Crippen molar-refractivity contribution in [1.29, 1.82) is 0 Å². The van der Waals surface area contributed by atoms with E-state index in [-0.39, 0.29) is 0 Å². The molecule has 1 N–H and O–H groups in total. The van der Waals surface area contributed by atoms with Crippen LogP contribution in [0.2, 0.25) is 0 Å². The summed E-state index contributed by atoms with van der Waals surface area (Å²) >= 11 is 0. The fourth-order valence-electron chi connectivity index (χ4n) is 3.70. The van der Waals surface area contributed by atoms with Gasteiger partial charge in [0.1, 0.15) is 5.75 Å². The van der Waals surface area contributed by atoms with Crippen LogP contribution in [-0.2, 0) is 0 Å². The molecule has 2 nitrogen and oxygen atoms in total. The minimum atomic E-state index is 0.489. The first-order valence-electron chi connectivity index (χ1n) is 8.09. The smallest absolute Gasteiger partial charge is 0.118 e. The third kappa shape index (κ3) is 3.76. The second kappa shape index (κ2) is 7.68. The Morgan fingerprint density at radius 1 is 1.15 bits per heavy atom. The van der Waals surface area contributed by atoms with Gasteiger partial charge in [0.15, 0.2) is 0 Å². The van der Waals surface area contributed by atoms with Gasteiger partial charge in [0, 0.05) is 6.04 Å². The van der Waals surface area contributed by atoms with E-state index in [1.807, 2.05) is 0 Å². The molecule has 2 heteroatoms. The highest BCUT2D eigenvalue weighted by atomic mass is 16.5. The summed E-state index contributed by atoms with van der Waals surface area (Å²) in [6, 6.07) is 9.05. The average molecular weight is 275 g/mol. The first-order valence-corrected chi connectivity index (χ1v) is 8.09. The number of methoxy groups -OCH3 is 1. The SMILES string of the molecule is CCCC1CCC(C(NC)c2ccc(OC)cc2)CC1. The average Bonchev–Trinajstić information content (AvgIpc) is 2.51. The molecule has 1 aromatic carbocycles. The van der Waals surface area contributed by atoms with Crippen molar-refractivity contribution in [3.63, 3.8) is 0 Å². The van der Waals surface area contributed by atoms with E-state index in [9.17, 15) is 0 Å². The molecule has 1 aliphatic carbocycles. The van der Waals surface area contributed by atoms with Crippen LogP contribution < -0.4 is 10.1 Å². The van der Waals surface area contributed by atoms with E-state index in [2.05, 4.69) is 43.6 Å². The predicted octanol–water partition coefficient (Wildman–Crippen LogP) is 4.56. The molecule has 20 heavy (non-hydrogen) atoms. The number of benzene rings is 1. The van der Waals surface area contributed by atoms with Crippen LogP contribution >= 0.6 is 0 Å². The standard InChI is InChI=1S/C18H29NO/c1-4-5-14-6-8-15(9-7-14)18(19-2)16-10-12-17(20-3)13-11-16/h10-15,18-19H,4-9H2,1-3H3. The molecular weight excluding hydrogens is 246 g/mol. The lowest BCUT2D eigenvalue weighted by Gasteiger charge is -2.34. The van der Waals surface area contributed by atoms with Crippen molar-refractivity contribution in [2.75, 3.05) is 14.2 Å². The van der Waals surface area contributed by atoms with Crippen molar-refractivity contribution in [2.24, 2.45) is 11.8 Å². The van der Waals surface area contributed by atoms with Crippen LogP contribution in [-0.4, -0.2) is 14.2 Å². The number of nitrogens with one attached hydrogen (secondary N) is 1. The first-order chi connectivity index (χ1) is 9.78. The van der Waals surface area contributed by atoms with Gasteiger partial charge in [0.2, 0.25) is 0 Å². The van der Waals surface area contributed by atoms with Crippen molar-refractivity contribution < 1.29 is 4.74 Å². The molecule has 1 fully saturated rings. The summed E-state index contributed by atoms with van der Waals surface area (Å²) in [6.45, 7) is 2.31. The Labute approximate surface area is 123 Å². The number of rotatable bonds is 6. The Hall–Kier alpha value is -1.02. The monoisotopic (exact) mass is 275 g/mol. The lowest BCUT2D eigenvalue weighted by atomic mass is 9.75. The summed E-state index contributed by atoms with van der Waals surface area (Å²) in [4.78, 5) is 0. The molecule has 1 aromatic rings. The second-order valence-electron chi connectivity index (χ2n) is 6.11. The molecule has 0 spiro atoms. The van der Waals surface area contributed by atoms with Crippen LogP contribution in [0.4, 0.5) is 0 Å². The summed E-state index contributed by atoms with van der Waals surface area (Å²) in [5.74, 6) is 2.70. The predicted molar refractivity (Wildman–Crippen MR) is 85.2 cm³/mol. The fraction of sp³-hybridized carbons (Fsp3) is 0.667. The highest BCUT2D eigenvalue weighted by Gasteiger charge is 2.27. The van der Waals surface area contributed by atoms with E-state index in [0.29, 0.717) is 6.04 Å². The minimum Gasteiger partial charge on any atom is -0.497 e. The molecule has 0 aliphatic heterocycles. The zero-order valence-electron chi connectivity index (χ0n) is 13.2. The molecule has 1 atom stereocenters. The van der Waals surface area contributed by atoms with Gasteiger partial charge in [0.05, 0.1) is 7.11 Å². The maximum atomic E-state index is 5.25. The Kier molecular flexibility index (Phi) is 5.90. The molecule has 0 saturated heterocycles. The zero-order chi connectivity index (χ0) is 14.4. The summed E-state index contributed by atoms with van der Waals surface area (Å²) in [7, 11) is 3.81. The van der Waals surface area contributed by atoms with Gasteiger partial charge in [-0.1, -0.05) is 44.7 Å². The van der Waals surface area contributed by atoms with Gasteiger partial charge in [-0.25, -0.2) is 0 Å². The van der Waals surface area contributed by atoms with Gasteiger partial charge in [-0.2, -0.15) is 0 Å². The molecule has 0 heterocycles. The van der Waals surface area contributed by atoms with E-state index in [1.54, 1.807) is 7.11 Å². The number of hydrogen-bond donors (Lipinski definition) is 1. The van der Waals surface area contributed by atoms with Crippen molar-refractivity contribution in [3.8, 4) is 5.75 Å². The molecule has 1 unspecified atom stereocenters. The van der Waals surface area contributed by atoms with E-state index in [1.165, 1.54) is 44.1 Å². The topological polar surface area (TPSA) is 21.3 Å². The second-order valence-corrected chi connectivity index (χ2v) is 6.11. The Morgan fingerprint density at radius 3 is 2.30 bits per heavy atom. The molecule has 0 radical (unpaired) electrons. The molecule has 0 aromatic heterocycles. The van der Waals surface area contributed by atoms with Gasteiger partial charge in [0.25, 0.3) is 0 Å². The lowest BCUT2D eigenvalue weighted by molar-refractivity contribution is 0.219. The summed E-state index contributed by atoms with van der Waals surface area (Å²) in [5, 5.41) is 3.53. The molecular formula is C18H29NO. The van der Waals surface area contributed by atoms with E-state index < -0.39 is 0 Å². The largest absolute Gasteiger partial charge is 0.497 e. The van der Waals surface area contributed by atoms with Gasteiger partial charge in [-0.15, -0.1) is 0 Å². The van der Waals surface area contributed by atoms with E-state index in [4.69, 9.17) is 4.74 Å². The maximum Gasteiger partial charge on any atom is 0.118 e. The summed E-state index contributed by atoms with van der Waals surface area (Å²) in [5.41, 5.74) is 1.40. The van der Waals surface area contributed by atoms with Gasteiger partial charge < -0.3 is 10.1 Å². The normalized spacial score (nSPS) is 24.4. The Balaban J connectivity index is 1.97. The summed E-state index contributed by atoms with van der Waals surface area (Å²) in [6.07, 6.45) is 8.30. The van der Waals surface area contributed by atoms with Crippen molar-refractivity contribution in [1.82, 2.24) is 5.32 Å². The first kappa shape index (κ1) is 15.4. The van der Waals surface area contributed by atoms with Crippen LogP contribution in [0.15, 0.2) is 24.3 Å². The van der Waals surface area contributed by atoms with Gasteiger partial charge >= 0.3 is 0 Å². The molecule has 1 aliphatic rings. The molecule has 112 valence electrons. The van der Waals surface area contributed by atoms with Crippen LogP contribution in [0.5, 0.6) is 5.75 Å². The van der Waals surface area contributed by atoms with E-state index >= 15 is 0 Å². The highest BCUT2D eigenvalue weighted by molar-refractivity contribution is 5.29. The molecule has 1 saturated carbocycles. The Bertz CT molecular complexity index is 379. The zero-order valence-corrected chi connectivity index (χ0v) is 13.2. The van der Waals surface area contributed by atoms with Crippen molar-refractivity contribution in [2.45, 2.75) is 51.5 Å². The van der Waals surface area contributed by atoms with Crippen molar-refractivity contribution >= 4 is 0 Å². The van der Waals surface area contributed by atoms with Gasteiger partial charge in [-0.05, 0) is 49.4 Å². The minimum absolute atomic E-state index is 0.489. The van der Waals surface area contributed by atoms with Gasteiger partial charge in [-0.3, -0.25) is 0 Å². The third-order valence-electron chi connectivity index (χ3n) is 4.85. The molecule has 0 amide bonds. The fourth-order valence-corrected chi connectivity index (χ4v) is 3.70. The number of ether oxygens (including phenoxy) is 1. The molecule has 0 bridgehead atoms. The van der Waals surface area contributed by atoms with E-state index in [0.717, 1.165) is 17.6 Å². The van der Waals surface area contributed by atoms with Crippen LogP contribution in [0.3, 0.4) is 0 Å². The highest BCUT2D eigenvalue weighted by Crippen LogP contribution is 2.38. The van der Waals surface area contributed by atoms with Crippen LogP contribution in [0.25, 0.3) is 0 Å². The maximum absolute atomic E-state index is 5.25. The summed E-state index contributed by atoms with van der Waals surface area (Å²) < 4.78 is 5.25. The lowest BCUT2D eigenvalue weighted by Crippen LogP contribution is -2.28. The third-order valence-corrected chi connectivity index (χ3v) is 4.85. The quantitative estimate of drug-likeness (QED) is 0.821.